The number of nitrogens with zero attached hydrogens (tertiary/aromatic N) is 4. The summed E-state index contributed by atoms with van der Waals surface area (Å²) in [4.78, 5) is 4.39. The molecule has 0 N–H and O–H groups in total. The van der Waals surface area contributed by atoms with Crippen molar-refractivity contribution in [3.8, 4) is 17.1 Å². The lowest BCUT2D eigenvalue weighted by molar-refractivity contribution is 0.377. The Bertz CT molecular complexity index is 1280. The van der Waals surface area contributed by atoms with Gasteiger partial charge in [-0.1, -0.05) is 29.8 Å². The Morgan fingerprint density at radius 2 is 2.00 bits per heavy atom. The summed E-state index contributed by atoms with van der Waals surface area (Å²) in [5.41, 5.74) is 4.63. The van der Waals surface area contributed by atoms with Crippen LogP contribution in [0, 0.1) is 5.82 Å². The molecule has 0 bridgehead atoms. The number of halogens is 2. The van der Waals surface area contributed by atoms with Gasteiger partial charge in [0.25, 0.3) is 0 Å². The Morgan fingerprint density at radius 1 is 1.16 bits per heavy atom. The lowest BCUT2D eigenvalue weighted by Gasteiger charge is -2.34. The molecular weight excluding hydrogens is 427 g/mol. The van der Waals surface area contributed by atoms with Gasteiger partial charge in [-0.05, 0) is 56.0 Å². The maximum atomic E-state index is 14.2. The lowest BCUT2D eigenvalue weighted by Crippen LogP contribution is -2.33. The Balaban J connectivity index is 1.55. The predicted octanol–water partition coefficient (Wildman–Crippen LogP) is 6.05. The van der Waals surface area contributed by atoms with Gasteiger partial charge >= 0.3 is 0 Å². The summed E-state index contributed by atoms with van der Waals surface area (Å²) < 4.78 is 22.1. The molecular formula is C25H24ClFN4O. The molecule has 0 amide bonds. The van der Waals surface area contributed by atoms with E-state index in [2.05, 4.69) is 38.8 Å². The highest BCUT2D eigenvalue weighted by molar-refractivity contribution is 6.30. The number of fused-ring (bicyclic) bond motifs is 1. The van der Waals surface area contributed by atoms with Crippen molar-refractivity contribution < 1.29 is 9.13 Å². The minimum Gasteiger partial charge on any atom is -0.496 e. The number of hydrogen-bond donors (Lipinski definition) is 0. The molecule has 0 radical (unpaired) electrons. The van der Waals surface area contributed by atoms with Crippen molar-refractivity contribution in [2.75, 3.05) is 7.11 Å². The Hall–Kier alpha value is -2.99. The third kappa shape index (κ3) is 3.34. The molecule has 2 aliphatic rings. The van der Waals surface area contributed by atoms with Crippen molar-refractivity contribution in [1.82, 2.24) is 14.8 Å². The zero-order valence-corrected chi connectivity index (χ0v) is 19.1. The van der Waals surface area contributed by atoms with Gasteiger partial charge in [0.2, 0.25) is 0 Å². The van der Waals surface area contributed by atoms with Gasteiger partial charge in [-0.15, -0.1) is 10.2 Å². The molecule has 0 saturated heterocycles. The summed E-state index contributed by atoms with van der Waals surface area (Å²) in [6, 6.07) is 11.1. The van der Waals surface area contributed by atoms with Crippen LogP contribution >= 0.6 is 11.6 Å². The molecule has 7 heteroatoms. The van der Waals surface area contributed by atoms with Crippen LogP contribution in [-0.2, 0) is 12.0 Å². The molecule has 2 aromatic carbocycles. The average Bonchev–Trinajstić information content (AvgIpc) is 3.42. The van der Waals surface area contributed by atoms with E-state index >= 15 is 0 Å². The van der Waals surface area contributed by atoms with Crippen LogP contribution in [0.4, 0.5) is 4.39 Å². The number of methoxy groups -OCH3 is 1. The molecule has 1 atom stereocenters. The highest BCUT2D eigenvalue weighted by atomic mass is 35.5. The summed E-state index contributed by atoms with van der Waals surface area (Å²) in [7, 11) is 1.68. The molecule has 0 fully saturated rings. The number of allylic oxidation sites excluding steroid dienone is 1. The highest BCUT2D eigenvalue weighted by Gasteiger charge is 2.38. The SMILES string of the molecule is COc1cc(-c2nnc3n2CCCC3(C)c2ccc(Cl)c(F)c2)ccc1C1=CN=C(C)C1. The maximum absolute atomic E-state index is 14.2. The molecule has 164 valence electrons. The first-order valence-corrected chi connectivity index (χ1v) is 11.1. The molecule has 5 nitrogen and oxygen atoms in total. The first kappa shape index (κ1) is 20.9. The first-order valence-electron chi connectivity index (χ1n) is 10.7. The summed E-state index contributed by atoms with van der Waals surface area (Å²) in [5.74, 6) is 2.00. The molecule has 3 aromatic rings. The van der Waals surface area contributed by atoms with Gasteiger partial charge in [-0.25, -0.2) is 4.39 Å². The van der Waals surface area contributed by atoms with E-state index in [0.29, 0.717) is 0 Å². The van der Waals surface area contributed by atoms with Crippen molar-refractivity contribution in [2.24, 2.45) is 4.99 Å². The fraction of sp³-hybridized carbons (Fsp3) is 0.320. The summed E-state index contributed by atoms with van der Waals surface area (Å²) >= 11 is 5.91. The smallest absolute Gasteiger partial charge is 0.164 e. The standard InChI is InChI=1S/C25H24ClFN4O/c1-15-11-17(14-28-15)19-7-5-16(12-22(19)32-3)23-29-30-24-25(2,9-4-10-31(23)24)18-6-8-20(26)21(27)13-18/h5-8,12-14H,4,9-11H2,1-3H3. The van der Waals surface area contributed by atoms with Gasteiger partial charge < -0.3 is 9.30 Å². The minimum absolute atomic E-state index is 0.125. The molecule has 1 unspecified atom stereocenters. The van der Waals surface area contributed by atoms with E-state index < -0.39 is 11.2 Å². The third-order valence-electron chi connectivity index (χ3n) is 6.55. The molecule has 5 rings (SSSR count). The van der Waals surface area contributed by atoms with Crippen LogP contribution in [0.1, 0.15) is 50.1 Å². The largest absolute Gasteiger partial charge is 0.496 e. The predicted molar refractivity (Wildman–Crippen MR) is 125 cm³/mol. The maximum Gasteiger partial charge on any atom is 0.164 e. The molecule has 0 spiro atoms. The Labute approximate surface area is 191 Å². The van der Waals surface area contributed by atoms with Gasteiger partial charge in [-0.3, -0.25) is 4.99 Å². The second kappa shape index (κ2) is 7.85. The molecule has 3 heterocycles. The van der Waals surface area contributed by atoms with Gasteiger partial charge in [0, 0.05) is 36.0 Å². The second-order valence-corrected chi connectivity index (χ2v) is 9.08. The fourth-order valence-electron chi connectivity index (χ4n) is 4.77. The molecule has 0 aliphatic carbocycles. The van der Waals surface area contributed by atoms with Gasteiger partial charge in [0.15, 0.2) is 5.82 Å². The summed E-state index contributed by atoms with van der Waals surface area (Å²) in [5, 5.41) is 9.24. The Kier molecular flexibility index (Phi) is 5.13. The normalized spacial score (nSPS) is 20.0. The second-order valence-electron chi connectivity index (χ2n) is 8.67. The van der Waals surface area contributed by atoms with Gasteiger partial charge in [0.05, 0.1) is 17.5 Å². The number of benzene rings is 2. The zero-order chi connectivity index (χ0) is 22.5. The topological polar surface area (TPSA) is 52.3 Å². The van der Waals surface area contributed by atoms with Crippen molar-refractivity contribution in [3.05, 3.63) is 70.4 Å². The van der Waals surface area contributed by atoms with Crippen LogP contribution in [0.3, 0.4) is 0 Å². The monoisotopic (exact) mass is 450 g/mol. The van der Waals surface area contributed by atoms with Crippen molar-refractivity contribution in [1.29, 1.82) is 0 Å². The quantitative estimate of drug-likeness (QED) is 0.486. The van der Waals surface area contributed by atoms with Crippen LogP contribution < -0.4 is 4.74 Å². The van der Waals surface area contributed by atoms with Crippen molar-refractivity contribution in [2.45, 2.75) is 45.1 Å². The number of aromatic nitrogens is 3. The van der Waals surface area contributed by atoms with E-state index in [-0.39, 0.29) is 5.02 Å². The van der Waals surface area contributed by atoms with Crippen LogP contribution in [-0.4, -0.2) is 27.6 Å². The number of ether oxygens (including phenoxy) is 1. The van der Waals surface area contributed by atoms with Crippen molar-refractivity contribution in [3.63, 3.8) is 0 Å². The van der Waals surface area contributed by atoms with E-state index in [4.69, 9.17) is 16.3 Å². The Morgan fingerprint density at radius 3 is 2.72 bits per heavy atom. The number of rotatable bonds is 4. The third-order valence-corrected chi connectivity index (χ3v) is 6.86. The minimum atomic E-state index is -0.442. The average molecular weight is 451 g/mol. The zero-order valence-electron chi connectivity index (χ0n) is 18.3. The van der Waals surface area contributed by atoms with Crippen LogP contribution in [0.5, 0.6) is 5.75 Å². The lowest BCUT2D eigenvalue weighted by atomic mass is 9.76. The molecule has 0 saturated carbocycles. The van der Waals surface area contributed by atoms with Crippen LogP contribution in [0.25, 0.3) is 17.0 Å². The van der Waals surface area contributed by atoms with Crippen LogP contribution in [0.15, 0.2) is 47.6 Å². The molecule has 2 aliphatic heterocycles. The van der Waals surface area contributed by atoms with E-state index in [9.17, 15) is 4.39 Å². The molecule has 1 aromatic heterocycles. The van der Waals surface area contributed by atoms with Crippen LogP contribution in [0.2, 0.25) is 5.02 Å². The van der Waals surface area contributed by atoms with Gasteiger partial charge in [-0.2, -0.15) is 0 Å². The highest BCUT2D eigenvalue weighted by Crippen LogP contribution is 2.42. The summed E-state index contributed by atoms with van der Waals surface area (Å²) in [6.07, 6.45) is 4.54. The number of hydrogen-bond acceptors (Lipinski definition) is 4. The summed E-state index contributed by atoms with van der Waals surface area (Å²) in [6.45, 7) is 4.93. The fourth-order valence-corrected chi connectivity index (χ4v) is 4.88. The number of aliphatic imine (C=N–C) groups is 1. The van der Waals surface area contributed by atoms with Gasteiger partial charge in [0.1, 0.15) is 17.4 Å². The first-order chi connectivity index (χ1) is 15.4. The van der Waals surface area contributed by atoms with E-state index in [1.807, 2.05) is 25.3 Å². The van der Waals surface area contributed by atoms with E-state index in [0.717, 1.165) is 71.2 Å². The van der Waals surface area contributed by atoms with Crippen molar-refractivity contribution >= 4 is 22.9 Å². The van der Waals surface area contributed by atoms with E-state index in [1.54, 1.807) is 13.2 Å². The van der Waals surface area contributed by atoms with E-state index in [1.165, 1.54) is 6.07 Å². The molecule has 32 heavy (non-hydrogen) atoms.